The first kappa shape index (κ1) is 19.1. The van der Waals surface area contributed by atoms with Crippen molar-refractivity contribution in [2.75, 3.05) is 38.0 Å². The van der Waals surface area contributed by atoms with Crippen molar-refractivity contribution in [3.05, 3.63) is 66.2 Å². The third-order valence-corrected chi connectivity index (χ3v) is 5.11. The minimum atomic E-state index is -0.548. The molecule has 1 heterocycles. The zero-order valence-corrected chi connectivity index (χ0v) is 16.0. The van der Waals surface area contributed by atoms with Gasteiger partial charge in [0.05, 0.1) is 12.0 Å². The number of amides is 2. The second-order valence-corrected chi connectivity index (χ2v) is 7.47. The standard InChI is InChI=1S/C22H27N3O2/c1-22(2,18-9-5-3-6-10-18)21(27)25-15-13-24(14-16-25)17-20(26)23-19-11-7-4-8-12-19/h3-12H,13-17H2,1-2H3,(H,23,26). The van der Waals surface area contributed by atoms with E-state index in [1.54, 1.807) is 0 Å². The second-order valence-electron chi connectivity index (χ2n) is 7.47. The van der Waals surface area contributed by atoms with Gasteiger partial charge in [-0.2, -0.15) is 0 Å². The van der Waals surface area contributed by atoms with Gasteiger partial charge in [0.1, 0.15) is 0 Å². The number of nitrogens with zero attached hydrogens (tertiary/aromatic N) is 2. The molecule has 142 valence electrons. The number of hydrogen-bond acceptors (Lipinski definition) is 3. The predicted molar refractivity (Wildman–Crippen MR) is 108 cm³/mol. The Bertz CT molecular complexity index is 767. The van der Waals surface area contributed by atoms with Gasteiger partial charge in [-0.25, -0.2) is 0 Å². The van der Waals surface area contributed by atoms with Gasteiger partial charge in [0, 0.05) is 31.9 Å². The molecule has 2 aromatic rings. The highest BCUT2D eigenvalue weighted by Gasteiger charge is 2.35. The van der Waals surface area contributed by atoms with E-state index in [0.29, 0.717) is 32.7 Å². The molecule has 0 bridgehead atoms. The number of anilines is 1. The van der Waals surface area contributed by atoms with Crippen LogP contribution in [0.3, 0.4) is 0 Å². The fourth-order valence-corrected chi connectivity index (χ4v) is 3.41. The fraction of sp³-hybridized carbons (Fsp3) is 0.364. The lowest BCUT2D eigenvalue weighted by molar-refractivity contribution is -0.138. The predicted octanol–water partition coefficient (Wildman–Crippen LogP) is 2.75. The Morgan fingerprint density at radius 2 is 1.44 bits per heavy atom. The quantitative estimate of drug-likeness (QED) is 0.886. The number of rotatable bonds is 5. The topological polar surface area (TPSA) is 52.7 Å². The van der Waals surface area contributed by atoms with Gasteiger partial charge in [-0.3, -0.25) is 14.5 Å². The van der Waals surface area contributed by atoms with Gasteiger partial charge in [-0.15, -0.1) is 0 Å². The molecule has 1 aliphatic heterocycles. The highest BCUT2D eigenvalue weighted by atomic mass is 16.2. The number of nitrogens with one attached hydrogen (secondary N) is 1. The summed E-state index contributed by atoms with van der Waals surface area (Å²) < 4.78 is 0. The van der Waals surface area contributed by atoms with E-state index >= 15 is 0 Å². The average molecular weight is 365 g/mol. The SMILES string of the molecule is CC(C)(C(=O)N1CCN(CC(=O)Nc2ccccc2)CC1)c1ccccc1. The van der Waals surface area contributed by atoms with Crippen LogP contribution in [-0.2, 0) is 15.0 Å². The minimum Gasteiger partial charge on any atom is -0.339 e. The molecule has 5 nitrogen and oxygen atoms in total. The summed E-state index contributed by atoms with van der Waals surface area (Å²) >= 11 is 0. The number of piperazine rings is 1. The van der Waals surface area contributed by atoms with Crippen LogP contribution in [0.1, 0.15) is 19.4 Å². The molecule has 2 amide bonds. The Kier molecular flexibility index (Phi) is 5.91. The molecule has 5 heteroatoms. The van der Waals surface area contributed by atoms with Crippen molar-refractivity contribution >= 4 is 17.5 Å². The third kappa shape index (κ3) is 4.74. The summed E-state index contributed by atoms with van der Waals surface area (Å²) in [6.07, 6.45) is 0. The lowest BCUT2D eigenvalue weighted by Gasteiger charge is -2.38. The Labute approximate surface area is 161 Å². The minimum absolute atomic E-state index is 0.0226. The van der Waals surface area contributed by atoms with E-state index in [1.807, 2.05) is 79.4 Å². The zero-order valence-electron chi connectivity index (χ0n) is 16.0. The van der Waals surface area contributed by atoms with Crippen molar-refractivity contribution in [3.63, 3.8) is 0 Å². The molecule has 0 radical (unpaired) electrons. The summed E-state index contributed by atoms with van der Waals surface area (Å²) in [5.41, 5.74) is 1.29. The molecule has 2 aromatic carbocycles. The van der Waals surface area contributed by atoms with E-state index in [4.69, 9.17) is 0 Å². The Morgan fingerprint density at radius 1 is 0.889 bits per heavy atom. The normalized spacial score (nSPS) is 15.4. The van der Waals surface area contributed by atoms with E-state index in [0.717, 1.165) is 11.3 Å². The van der Waals surface area contributed by atoms with E-state index in [9.17, 15) is 9.59 Å². The van der Waals surface area contributed by atoms with Crippen molar-refractivity contribution in [2.24, 2.45) is 0 Å². The van der Waals surface area contributed by atoms with Crippen LogP contribution in [-0.4, -0.2) is 54.3 Å². The van der Waals surface area contributed by atoms with Crippen LogP contribution in [0.5, 0.6) is 0 Å². The summed E-state index contributed by atoms with van der Waals surface area (Å²) in [5, 5.41) is 2.91. The van der Waals surface area contributed by atoms with E-state index in [-0.39, 0.29) is 11.8 Å². The number of carbonyl (C=O) groups excluding carboxylic acids is 2. The first-order valence-electron chi connectivity index (χ1n) is 9.39. The highest BCUT2D eigenvalue weighted by molar-refractivity contribution is 5.92. The Hall–Kier alpha value is -2.66. The van der Waals surface area contributed by atoms with Crippen molar-refractivity contribution in [1.82, 2.24) is 9.80 Å². The van der Waals surface area contributed by atoms with Crippen LogP contribution in [0.2, 0.25) is 0 Å². The molecule has 0 aliphatic carbocycles. The third-order valence-electron chi connectivity index (χ3n) is 5.11. The van der Waals surface area contributed by atoms with E-state index in [2.05, 4.69) is 10.2 Å². The molecular formula is C22H27N3O2. The fourth-order valence-electron chi connectivity index (χ4n) is 3.41. The lowest BCUT2D eigenvalue weighted by Crippen LogP contribution is -2.54. The number of hydrogen-bond donors (Lipinski definition) is 1. The van der Waals surface area contributed by atoms with Gasteiger partial charge in [0.2, 0.25) is 11.8 Å². The molecule has 1 aliphatic rings. The molecule has 1 N–H and O–H groups in total. The molecule has 0 saturated carbocycles. The summed E-state index contributed by atoms with van der Waals surface area (Å²) in [6.45, 7) is 7.01. The average Bonchev–Trinajstić information content (AvgIpc) is 2.69. The monoisotopic (exact) mass is 365 g/mol. The van der Waals surface area contributed by atoms with Crippen LogP contribution in [0.25, 0.3) is 0 Å². The molecular weight excluding hydrogens is 338 g/mol. The number of para-hydroxylation sites is 1. The molecule has 27 heavy (non-hydrogen) atoms. The van der Waals surface area contributed by atoms with Gasteiger partial charge in [-0.05, 0) is 31.5 Å². The van der Waals surface area contributed by atoms with Crippen molar-refractivity contribution in [3.8, 4) is 0 Å². The van der Waals surface area contributed by atoms with Gasteiger partial charge in [0.25, 0.3) is 0 Å². The first-order valence-corrected chi connectivity index (χ1v) is 9.39. The van der Waals surface area contributed by atoms with Crippen molar-refractivity contribution < 1.29 is 9.59 Å². The number of carbonyl (C=O) groups is 2. The highest BCUT2D eigenvalue weighted by Crippen LogP contribution is 2.26. The molecule has 1 saturated heterocycles. The summed E-state index contributed by atoms with van der Waals surface area (Å²) in [6, 6.07) is 19.4. The largest absolute Gasteiger partial charge is 0.339 e. The van der Waals surface area contributed by atoms with Crippen molar-refractivity contribution in [2.45, 2.75) is 19.3 Å². The van der Waals surface area contributed by atoms with Gasteiger partial charge in [-0.1, -0.05) is 48.5 Å². The second kappa shape index (κ2) is 8.35. The molecule has 1 fully saturated rings. The van der Waals surface area contributed by atoms with Gasteiger partial charge < -0.3 is 10.2 Å². The summed E-state index contributed by atoms with van der Waals surface area (Å²) in [7, 11) is 0. The van der Waals surface area contributed by atoms with Gasteiger partial charge in [0.15, 0.2) is 0 Å². The van der Waals surface area contributed by atoms with Crippen molar-refractivity contribution in [1.29, 1.82) is 0 Å². The van der Waals surface area contributed by atoms with Crippen LogP contribution in [0, 0.1) is 0 Å². The molecule has 0 atom stereocenters. The van der Waals surface area contributed by atoms with Gasteiger partial charge >= 0.3 is 0 Å². The molecule has 3 rings (SSSR count). The number of benzene rings is 2. The summed E-state index contributed by atoms with van der Waals surface area (Å²) in [4.78, 5) is 29.2. The van der Waals surface area contributed by atoms with Crippen LogP contribution in [0.15, 0.2) is 60.7 Å². The Balaban J connectivity index is 1.51. The Morgan fingerprint density at radius 3 is 2.04 bits per heavy atom. The maximum atomic E-state index is 13.0. The van der Waals surface area contributed by atoms with E-state index < -0.39 is 5.41 Å². The van der Waals surface area contributed by atoms with E-state index in [1.165, 1.54) is 0 Å². The summed E-state index contributed by atoms with van der Waals surface area (Å²) in [5.74, 6) is 0.118. The maximum absolute atomic E-state index is 13.0. The van der Waals surface area contributed by atoms with Crippen LogP contribution < -0.4 is 5.32 Å². The van der Waals surface area contributed by atoms with Crippen LogP contribution in [0.4, 0.5) is 5.69 Å². The van der Waals surface area contributed by atoms with Crippen LogP contribution >= 0.6 is 0 Å². The first-order chi connectivity index (χ1) is 13.0. The maximum Gasteiger partial charge on any atom is 0.238 e. The lowest BCUT2D eigenvalue weighted by atomic mass is 9.83. The zero-order chi connectivity index (χ0) is 19.3. The molecule has 0 unspecified atom stereocenters. The molecule has 0 spiro atoms. The molecule has 0 aromatic heterocycles. The smallest absolute Gasteiger partial charge is 0.238 e.